The molecular formula is C13H22N2O5S. The third-order valence-electron chi connectivity index (χ3n) is 4.02. The molecule has 0 aromatic carbocycles. The Kier molecular flexibility index (Phi) is 5.21. The van der Waals surface area contributed by atoms with E-state index >= 15 is 0 Å². The minimum Gasteiger partial charge on any atom is -0.383 e. The van der Waals surface area contributed by atoms with Gasteiger partial charge in [0.1, 0.15) is 0 Å². The normalized spacial score (nSPS) is 24.2. The summed E-state index contributed by atoms with van der Waals surface area (Å²) in [6.45, 7) is 1.74. The molecule has 120 valence electrons. The first-order valence-corrected chi connectivity index (χ1v) is 9.06. The van der Waals surface area contributed by atoms with Crippen molar-refractivity contribution in [3.05, 3.63) is 0 Å². The molecule has 0 spiro atoms. The van der Waals surface area contributed by atoms with Crippen LogP contribution in [0.2, 0.25) is 0 Å². The molecule has 2 aliphatic rings. The fourth-order valence-corrected chi connectivity index (χ4v) is 4.57. The van der Waals surface area contributed by atoms with Gasteiger partial charge < -0.3 is 14.5 Å². The van der Waals surface area contributed by atoms with E-state index in [-0.39, 0.29) is 24.7 Å². The molecular weight excluding hydrogens is 296 g/mol. The number of methoxy groups -OCH3 is 1. The molecule has 2 aliphatic heterocycles. The molecule has 0 N–H and O–H groups in total. The van der Waals surface area contributed by atoms with E-state index in [1.807, 2.05) is 0 Å². The number of ether oxygens (including phenoxy) is 1. The van der Waals surface area contributed by atoms with Crippen LogP contribution in [0, 0.1) is 0 Å². The van der Waals surface area contributed by atoms with Crippen LogP contribution in [-0.2, 0) is 24.2 Å². The molecule has 0 aliphatic carbocycles. The van der Waals surface area contributed by atoms with Gasteiger partial charge in [-0.1, -0.05) is 0 Å². The smallest absolute Gasteiger partial charge is 0.312 e. The number of carbonyl (C=O) groups excluding carboxylic acids is 2. The highest BCUT2D eigenvalue weighted by Crippen LogP contribution is 2.19. The van der Waals surface area contributed by atoms with E-state index in [2.05, 4.69) is 0 Å². The number of hydrogen-bond donors (Lipinski definition) is 0. The zero-order valence-electron chi connectivity index (χ0n) is 12.3. The third-order valence-corrected chi connectivity index (χ3v) is 5.77. The van der Waals surface area contributed by atoms with E-state index in [0.29, 0.717) is 19.5 Å². The third kappa shape index (κ3) is 3.94. The maximum absolute atomic E-state index is 12.4. The van der Waals surface area contributed by atoms with Crippen LogP contribution in [0.4, 0.5) is 0 Å². The highest BCUT2D eigenvalue weighted by molar-refractivity contribution is 7.91. The number of hydrogen-bond acceptors (Lipinski definition) is 5. The minimum atomic E-state index is -3.10. The zero-order chi connectivity index (χ0) is 15.5. The molecule has 7 nitrogen and oxygen atoms in total. The first kappa shape index (κ1) is 16.2. The van der Waals surface area contributed by atoms with Gasteiger partial charge in [0.15, 0.2) is 9.84 Å². The molecule has 2 heterocycles. The topological polar surface area (TPSA) is 84.0 Å². The lowest BCUT2D eigenvalue weighted by atomic mass is 10.2. The molecule has 2 saturated heterocycles. The van der Waals surface area contributed by atoms with Gasteiger partial charge in [-0.2, -0.15) is 0 Å². The molecule has 2 rings (SSSR count). The van der Waals surface area contributed by atoms with E-state index in [4.69, 9.17) is 4.74 Å². The second kappa shape index (κ2) is 6.74. The first-order chi connectivity index (χ1) is 9.94. The van der Waals surface area contributed by atoms with Crippen molar-refractivity contribution in [3.63, 3.8) is 0 Å². The van der Waals surface area contributed by atoms with E-state index in [0.717, 1.165) is 12.8 Å². The van der Waals surface area contributed by atoms with Gasteiger partial charge >= 0.3 is 11.8 Å². The van der Waals surface area contributed by atoms with Crippen LogP contribution in [0.3, 0.4) is 0 Å². The van der Waals surface area contributed by atoms with E-state index in [1.54, 1.807) is 4.90 Å². The highest BCUT2D eigenvalue weighted by Gasteiger charge is 2.38. The molecule has 21 heavy (non-hydrogen) atoms. The second-order valence-corrected chi connectivity index (χ2v) is 7.78. The molecule has 1 unspecified atom stereocenters. The summed E-state index contributed by atoms with van der Waals surface area (Å²) >= 11 is 0. The SMILES string of the molecule is COCCN(C(=O)C(=O)N1CCCC1)C1CCS(=O)(=O)C1. The Morgan fingerprint density at radius 1 is 1.29 bits per heavy atom. The van der Waals surface area contributed by atoms with Crippen LogP contribution in [0.5, 0.6) is 0 Å². The Labute approximate surface area is 125 Å². The van der Waals surface area contributed by atoms with Crippen molar-refractivity contribution in [3.8, 4) is 0 Å². The van der Waals surface area contributed by atoms with Gasteiger partial charge in [-0.25, -0.2) is 8.42 Å². The molecule has 0 bridgehead atoms. The van der Waals surface area contributed by atoms with Crippen LogP contribution in [0.1, 0.15) is 19.3 Å². The quantitative estimate of drug-likeness (QED) is 0.638. The van der Waals surface area contributed by atoms with Crippen LogP contribution >= 0.6 is 0 Å². The zero-order valence-corrected chi connectivity index (χ0v) is 13.1. The monoisotopic (exact) mass is 318 g/mol. The number of amides is 2. The van der Waals surface area contributed by atoms with Gasteiger partial charge in [-0.15, -0.1) is 0 Å². The number of sulfone groups is 1. The van der Waals surface area contributed by atoms with Gasteiger partial charge in [-0.3, -0.25) is 9.59 Å². The Hall–Kier alpha value is -1.15. The largest absolute Gasteiger partial charge is 0.383 e. The summed E-state index contributed by atoms with van der Waals surface area (Å²) in [5.74, 6) is -1.11. The Bertz CT molecular complexity index is 499. The van der Waals surface area contributed by atoms with Gasteiger partial charge in [0.05, 0.1) is 18.1 Å². The molecule has 2 fully saturated rings. The Balaban J connectivity index is 2.07. The highest BCUT2D eigenvalue weighted by atomic mass is 32.2. The van der Waals surface area contributed by atoms with Crippen LogP contribution in [0.15, 0.2) is 0 Å². The number of carbonyl (C=O) groups is 2. The Morgan fingerprint density at radius 2 is 1.95 bits per heavy atom. The predicted octanol–water partition coefficient (Wildman–Crippen LogP) is -0.729. The maximum Gasteiger partial charge on any atom is 0.312 e. The summed E-state index contributed by atoms with van der Waals surface area (Å²) < 4.78 is 28.2. The summed E-state index contributed by atoms with van der Waals surface area (Å²) in [5.41, 5.74) is 0. The standard InChI is InChI=1S/C13H22N2O5S/c1-20-8-7-15(11-4-9-21(18,19)10-11)13(17)12(16)14-5-2-3-6-14/h11H,2-10H2,1H3. The Morgan fingerprint density at radius 3 is 2.48 bits per heavy atom. The maximum atomic E-state index is 12.4. The average molecular weight is 318 g/mol. The fraction of sp³-hybridized carbons (Fsp3) is 0.846. The van der Waals surface area contributed by atoms with Gasteiger partial charge in [0, 0.05) is 32.8 Å². The number of likely N-dealkylation sites (tertiary alicyclic amines) is 1. The summed E-state index contributed by atoms with van der Waals surface area (Å²) in [6, 6.07) is -0.413. The van der Waals surface area contributed by atoms with Crippen LogP contribution < -0.4 is 0 Å². The molecule has 8 heteroatoms. The lowest BCUT2D eigenvalue weighted by Gasteiger charge is -2.29. The molecule has 2 amide bonds. The van der Waals surface area contributed by atoms with Gasteiger partial charge in [0.25, 0.3) is 0 Å². The van der Waals surface area contributed by atoms with Crippen molar-refractivity contribution in [1.82, 2.24) is 9.80 Å². The van der Waals surface area contributed by atoms with E-state index < -0.39 is 27.7 Å². The summed E-state index contributed by atoms with van der Waals surface area (Å²) in [5, 5.41) is 0. The fourth-order valence-electron chi connectivity index (χ4n) is 2.84. The van der Waals surface area contributed by atoms with Gasteiger partial charge in [-0.05, 0) is 19.3 Å². The van der Waals surface area contributed by atoms with Gasteiger partial charge in [0.2, 0.25) is 0 Å². The molecule has 0 aromatic heterocycles. The molecule has 1 atom stereocenters. The summed E-state index contributed by atoms with van der Waals surface area (Å²) in [4.78, 5) is 27.6. The minimum absolute atomic E-state index is 0.0598. The summed E-state index contributed by atoms with van der Waals surface area (Å²) in [7, 11) is -1.59. The van der Waals surface area contributed by atoms with Crippen LogP contribution in [0.25, 0.3) is 0 Å². The van der Waals surface area contributed by atoms with Crippen molar-refractivity contribution in [1.29, 1.82) is 0 Å². The van der Waals surface area contributed by atoms with Crippen molar-refractivity contribution >= 4 is 21.7 Å². The second-order valence-electron chi connectivity index (χ2n) is 5.55. The van der Waals surface area contributed by atoms with E-state index in [1.165, 1.54) is 12.0 Å². The number of rotatable bonds is 4. The first-order valence-electron chi connectivity index (χ1n) is 7.24. The average Bonchev–Trinajstić information content (AvgIpc) is 3.08. The molecule has 0 saturated carbocycles. The molecule has 0 aromatic rings. The number of nitrogens with zero attached hydrogens (tertiary/aromatic N) is 2. The van der Waals surface area contributed by atoms with Crippen molar-refractivity contribution in [2.24, 2.45) is 0 Å². The van der Waals surface area contributed by atoms with Crippen molar-refractivity contribution in [2.75, 3.05) is 44.9 Å². The summed E-state index contributed by atoms with van der Waals surface area (Å²) in [6.07, 6.45) is 2.22. The molecule has 0 radical (unpaired) electrons. The van der Waals surface area contributed by atoms with Crippen molar-refractivity contribution < 1.29 is 22.7 Å². The predicted molar refractivity (Wildman–Crippen MR) is 76.5 cm³/mol. The van der Waals surface area contributed by atoms with Crippen LogP contribution in [-0.4, -0.2) is 80.9 Å². The lowest BCUT2D eigenvalue weighted by molar-refractivity contribution is -0.152. The lowest BCUT2D eigenvalue weighted by Crippen LogP contribution is -2.50. The van der Waals surface area contributed by atoms with Crippen molar-refractivity contribution in [2.45, 2.75) is 25.3 Å². The van der Waals surface area contributed by atoms with E-state index in [9.17, 15) is 18.0 Å².